The molecule has 1 aromatic heterocycles. The second-order valence-corrected chi connectivity index (χ2v) is 9.52. The summed E-state index contributed by atoms with van der Waals surface area (Å²) in [4.78, 5) is 42.4. The number of anilines is 1. The summed E-state index contributed by atoms with van der Waals surface area (Å²) in [7, 11) is 0. The molecule has 1 unspecified atom stereocenters. The maximum atomic E-state index is 13.3. The Morgan fingerprint density at radius 1 is 1.06 bits per heavy atom. The molecular weight excluding hydrogens is 472 g/mol. The van der Waals surface area contributed by atoms with Crippen LogP contribution in [0.15, 0.2) is 54.9 Å². The van der Waals surface area contributed by atoms with Crippen molar-refractivity contribution >= 4 is 35.1 Å². The van der Waals surface area contributed by atoms with Gasteiger partial charge in [-0.3, -0.25) is 9.59 Å². The summed E-state index contributed by atoms with van der Waals surface area (Å²) >= 11 is 6.20. The third-order valence-electron chi connectivity index (χ3n) is 5.40. The number of hydrogen-bond acceptors (Lipinski definition) is 7. The summed E-state index contributed by atoms with van der Waals surface area (Å²) in [6.07, 6.45) is 1.61. The van der Waals surface area contributed by atoms with Crippen LogP contribution in [0.2, 0.25) is 5.02 Å². The highest BCUT2D eigenvalue weighted by Crippen LogP contribution is 2.30. The van der Waals surface area contributed by atoms with Gasteiger partial charge in [-0.2, -0.15) is 4.68 Å². The summed E-state index contributed by atoms with van der Waals surface area (Å²) < 4.78 is 6.99. The van der Waals surface area contributed by atoms with Crippen molar-refractivity contribution in [2.45, 2.75) is 38.8 Å². The van der Waals surface area contributed by atoms with E-state index in [1.807, 2.05) is 30.3 Å². The van der Waals surface area contributed by atoms with Crippen LogP contribution in [0.1, 0.15) is 26.3 Å². The van der Waals surface area contributed by atoms with E-state index in [9.17, 15) is 14.4 Å². The minimum Gasteiger partial charge on any atom is -0.458 e. The fraction of sp³-hybridized carbons (Fsp3) is 0.333. The van der Waals surface area contributed by atoms with E-state index >= 15 is 0 Å². The lowest BCUT2D eigenvalue weighted by atomic mass is 10.0. The van der Waals surface area contributed by atoms with Gasteiger partial charge in [-0.25, -0.2) is 4.79 Å². The van der Waals surface area contributed by atoms with E-state index in [0.717, 1.165) is 5.56 Å². The Kier molecular flexibility index (Phi) is 6.83. The van der Waals surface area contributed by atoms with Crippen LogP contribution in [0.25, 0.3) is 5.69 Å². The molecule has 4 rings (SSSR count). The SMILES string of the molecule is CC(C)(C)OC(=O)C(Cc1ccccc1)N1CCN(c2cc(Cl)ccc2-n2cnnn2)C(=O)C1=O. The van der Waals surface area contributed by atoms with Crippen LogP contribution in [0.5, 0.6) is 0 Å². The fourth-order valence-corrected chi connectivity index (χ4v) is 4.05. The first-order valence-electron chi connectivity index (χ1n) is 11.1. The van der Waals surface area contributed by atoms with Crippen LogP contribution >= 0.6 is 11.6 Å². The summed E-state index contributed by atoms with van der Waals surface area (Å²) in [5.41, 5.74) is 0.978. The van der Waals surface area contributed by atoms with Crippen molar-refractivity contribution in [3.05, 3.63) is 65.4 Å². The number of halogens is 1. The Morgan fingerprint density at radius 3 is 2.46 bits per heavy atom. The van der Waals surface area contributed by atoms with Crippen molar-refractivity contribution in [3.63, 3.8) is 0 Å². The number of carbonyl (C=O) groups excluding carboxylic acids is 3. The molecule has 1 aliphatic rings. The molecule has 10 nitrogen and oxygen atoms in total. The second kappa shape index (κ2) is 9.83. The van der Waals surface area contributed by atoms with Crippen LogP contribution in [0.3, 0.4) is 0 Å². The van der Waals surface area contributed by atoms with Gasteiger partial charge in [0.05, 0.1) is 11.4 Å². The molecule has 1 aliphatic heterocycles. The van der Waals surface area contributed by atoms with E-state index in [1.54, 1.807) is 39.0 Å². The molecule has 2 aromatic carbocycles. The Hall–Kier alpha value is -3.79. The fourth-order valence-electron chi connectivity index (χ4n) is 3.88. The molecule has 3 aromatic rings. The van der Waals surface area contributed by atoms with E-state index in [-0.39, 0.29) is 19.5 Å². The lowest BCUT2D eigenvalue weighted by Crippen LogP contribution is -2.60. The normalized spacial score (nSPS) is 15.3. The Morgan fingerprint density at radius 2 is 1.80 bits per heavy atom. The number of esters is 1. The van der Waals surface area contributed by atoms with Gasteiger partial charge in [0.15, 0.2) is 0 Å². The monoisotopic (exact) mass is 496 g/mol. The zero-order valence-corrected chi connectivity index (χ0v) is 20.3. The highest BCUT2D eigenvalue weighted by Gasteiger charge is 2.42. The number of benzene rings is 2. The van der Waals surface area contributed by atoms with Gasteiger partial charge < -0.3 is 14.5 Å². The number of hydrogen-bond donors (Lipinski definition) is 0. The average Bonchev–Trinajstić information content (AvgIpc) is 3.34. The number of aromatic nitrogens is 4. The van der Waals surface area contributed by atoms with Crippen molar-refractivity contribution in [1.29, 1.82) is 0 Å². The largest absolute Gasteiger partial charge is 0.458 e. The lowest BCUT2D eigenvalue weighted by Gasteiger charge is -2.38. The predicted molar refractivity (Wildman–Crippen MR) is 128 cm³/mol. The van der Waals surface area contributed by atoms with Gasteiger partial charge in [-0.1, -0.05) is 41.9 Å². The first kappa shape index (κ1) is 24.3. The van der Waals surface area contributed by atoms with E-state index < -0.39 is 29.4 Å². The van der Waals surface area contributed by atoms with Gasteiger partial charge in [0.25, 0.3) is 0 Å². The van der Waals surface area contributed by atoms with Crippen LogP contribution in [-0.2, 0) is 25.5 Å². The third kappa shape index (κ3) is 5.48. The van der Waals surface area contributed by atoms with Crippen molar-refractivity contribution in [1.82, 2.24) is 25.1 Å². The number of piperazine rings is 1. The molecule has 2 heterocycles. The maximum Gasteiger partial charge on any atom is 0.329 e. The quantitative estimate of drug-likeness (QED) is 0.380. The van der Waals surface area contributed by atoms with Crippen molar-refractivity contribution in [2.24, 2.45) is 0 Å². The molecule has 0 aliphatic carbocycles. The molecule has 35 heavy (non-hydrogen) atoms. The smallest absolute Gasteiger partial charge is 0.329 e. The van der Waals surface area contributed by atoms with Crippen molar-refractivity contribution < 1.29 is 19.1 Å². The van der Waals surface area contributed by atoms with Gasteiger partial charge in [0.1, 0.15) is 18.0 Å². The summed E-state index contributed by atoms with van der Waals surface area (Å²) in [5.74, 6) is -2.15. The molecular formula is C24H25ClN6O4. The molecule has 2 amide bonds. The maximum absolute atomic E-state index is 13.3. The highest BCUT2D eigenvalue weighted by atomic mass is 35.5. The number of tetrazole rings is 1. The standard InChI is InChI=1S/C24H25ClN6O4/c1-24(2,3)35-23(34)20(13-16-7-5-4-6-8-16)30-12-11-29(21(32)22(30)33)19-14-17(25)9-10-18(19)31-15-26-27-28-31/h4-10,14-15,20H,11-13H2,1-3H3. The van der Waals surface area contributed by atoms with Crippen LogP contribution in [-0.4, -0.2) is 67.6 Å². The summed E-state index contributed by atoms with van der Waals surface area (Å²) in [6.45, 7) is 5.55. The molecule has 1 fully saturated rings. The number of ether oxygens (including phenoxy) is 1. The summed E-state index contributed by atoms with van der Waals surface area (Å²) in [6, 6.07) is 13.2. The second-order valence-electron chi connectivity index (χ2n) is 9.08. The Bertz CT molecular complexity index is 1230. The molecule has 0 N–H and O–H groups in total. The van der Waals surface area contributed by atoms with Crippen LogP contribution < -0.4 is 4.90 Å². The summed E-state index contributed by atoms with van der Waals surface area (Å²) in [5, 5.41) is 11.5. The number of nitrogens with zero attached hydrogens (tertiary/aromatic N) is 6. The van der Waals surface area contributed by atoms with E-state index in [0.29, 0.717) is 16.4 Å². The van der Waals surface area contributed by atoms with Crippen molar-refractivity contribution in [3.8, 4) is 5.69 Å². The minimum absolute atomic E-state index is 0.128. The molecule has 0 radical (unpaired) electrons. The number of carbonyl (C=O) groups is 3. The number of amides is 2. The lowest BCUT2D eigenvalue weighted by molar-refractivity contribution is -0.166. The third-order valence-corrected chi connectivity index (χ3v) is 5.64. The van der Waals surface area contributed by atoms with E-state index in [1.165, 1.54) is 20.8 Å². The highest BCUT2D eigenvalue weighted by molar-refractivity contribution is 6.41. The molecule has 1 atom stereocenters. The molecule has 11 heteroatoms. The van der Waals surface area contributed by atoms with Crippen LogP contribution in [0, 0.1) is 0 Å². The van der Waals surface area contributed by atoms with Gasteiger partial charge in [0, 0.05) is 24.5 Å². The van der Waals surface area contributed by atoms with Gasteiger partial charge in [-0.15, -0.1) is 5.10 Å². The minimum atomic E-state index is -0.950. The molecule has 1 saturated heterocycles. The molecule has 0 saturated carbocycles. The van der Waals surface area contributed by atoms with Gasteiger partial charge in [0.2, 0.25) is 0 Å². The van der Waals surface area contributed by atoms with Crippen molar-refractivity contribution in [2.75, 3.05) is 18.0 Å². The van der Waals surface area contributed by atoms with Gasteiger partial charge in [-0.05, 0) is 55.0 Å². The Labute approximate surface area is 207 Å². The van der Waals surface area contributed by atoms with Gasteiger partial charge >= 0.3 is 17.8 Å². The van der Waals surface area contributed by atoms with Crippen LogP contribution in [0.4, 0.5) is 5.69 Å². The first-order chi connectivity index (χ1) is 16.6. The average molecular weight is 497 g/mol. The first-order valence-corrected chi connectivity index (χ1v) is 11.4. The van der Waals surface area contributed by atoms with E-state index in [4.69, 9.17) is 16.3 Å². The topological polar surface area (TPSA) is 111 Å². The molecule has 0 spiro atoms. The number of rotatable bonds is 6. The predicted octanol–water partition coefficient (Wildman–Crippen LogP) is 2.44. The zero-order valence-electron chi connectivity index (χ0n) is 19.6. The molecule has 0 bridgehead atoms. The Balaban J connectivity index is 1.63. The van der Waals surface area contributed by atoms with E-state index in [2.05, 4.69) is 15.5 Å². The molecule has 182 valence electrons. The zero-order chi connectivity index (χ0) is 25.2.